The molecule has 0 unspecified atom stereocenters. The SMILES string of the molecule is O=C(NCC1(C(=O)O)CCCCC1)c1ccc(CN2CCCC2=O)cc1. The Labute approximate surface area is 153 Å². The molecule has 2 N–H and O–H groups in total. The fraction of sp³-hybridized carbons (Fsp3) is 0.550. The molecule has 6 heteroatoms. The van der Waals surface area contributed by atoms with E-state index in [1.165, 1.54) is 0 Å². The van der Waals surface area contributed by atoms with Gasteiger partial charge in [-0.15, -0.1) is 0 Å². The van der Waals surface area contributed by atoms with Crippen LogP contribution in [0.2, 0.25) is 0 Å². The van der Waals surface area contributed by atoms with E-state index in [2.05, 4.69) is 5.32 Å². The van der Waals surface area contributed by atoms with E-state index in [9.17, 15) is 19.5 Å². The number of nitrogens with zero attached hydrogens (tertiary/aromatic N) is 1. The second-order valence-electron chi connectivity index (χ2n) is 7.44. The van der Waals surface area contributed by atoms with Crippen molar-refractivity contribution in [3.05, 3.63) is 35.4 Å². The molecule has 6 nitrogen and oxygen atoms in total. The van der Waals surface area contributed by atoms with Crippen LogP contribution in [-0.4, -0.2) is 40.9 Å². The van der Waals surface area contributed by atoms with Crippen molar-refractivity contribution in [2.45, 2.75) is 51.5 Å². The van der Waals surface area contributed by atoms with Gasteiger partial charge >= 0.3 is 5.97 Å². The first kappa shape index (κ1) is 18.4. The van der Waals surface area contributed by atoms with Crippen LogP contribution in [0.4, 0.5) is 0 Å². The number of hydrogen-bond donors (Lipinski definition) is 2. The number of aliphatic carboxylic acids is 1. The highest BCUT2D eigenvalue weighted by molar-refractivity contribution is 5.94. The smallest absolute Gasteiger partial charge is 0.311 e. The molecule has 1 heterocycles. The average Bonchev–Trinajstić information content (AvgIpc) is 3.05. The highest BCUT2D eigenvalue weighted by Gasteiger charge is 2.39. The second-order valence-corrected chi connectivity index (χ2v) is 7.44. The number of likely N-dealkylation sites (tertiary alicyclic amines) is 1. The number of amides is 2. The van der Waals surface area contributed by atoms with E-state index in [0.717, 1.165) is 37.8 Å². The maximum absolute atomic E-state index is 12.4. The molecule has 1 aliphatic carbocycles. The van der Waals surface area contributed by atoms with Gasteiger partial charge in [0.2, 0.25) is 5.91 Å². The number of carbonyl (C=O) groups excluding carboxylic acids is 2. The summed E-state index contributed by atoms with van der Waals surface area (Å²) in [4.78, 5) is 37.6. The fourth-order valence-corrected chi connectivity index (χ4v) is 3.90. The lowest BCUT2D eigenvalue weighted by Gasteiger charge is -2.33. The molecule has 1 saturated heterocycles. The molecule has 0 spiro atoms. The number of rotatable bonds is 6. The van der Waals surface area contributed by atoms with Crippen molar-refractivity contribution in [3.63, 3.8) is 0 Å². The van der Waals surface area contributed by atoms with Gasteiger partial charge in [-0.1, -0.05) is 31.4 Å². The van der Waals surface area contributed by atoms with E-state index in [-0.39, 0.29) is 18.4 Å². The largest absolute Gasteiger partial charge is 0.481 e. The van der Waals surface area contributed by atoms with Crippen LogP contribution in [0.15, 0.2) is 24.3 Å². The first-order valence-electron chi connectivity index (χ1n) is 9.38. The van der Waals surface area contributed by atoms with Crippen LogP contribution < -0.4 is 5.32 Å². The third kappa shape index (κ3) is 4.06. The van der Waals surface area contributed by atoms with Crippen LogP contribution in [0.25, 0.3) is 0 Å². The Hall–Kier alpha value is -2.37. The van der Waals surface area contributed by atoms with Gasteiger partial charge in [0.05, 0.1) is 5.41 Å². The Kier molecular flexibility index (Phi) is 5.59. The van der Waals surface area contributed by atoms with Gasteiger partial charge in [-0.2, -0.15) is 0 Å². The summed E-state index contributed by atoms with van der Waals surface area (Å²) in [5.74, 6) is -0.888. The van der Waals surface area contributed by atoms with Crippen LogP contribution in [0.3, 0.4) is 0 Å². The summed E-state index contributed by atoms with van der Waals surface area (Å²) in [5, 5.41) is 12.4. The van der Waals surface area contributed by atoms with Crippen molar-refractivity contribution < 1.29 is 19.5 Å². The molecule has 1 aliphatic heterocycles. The predicted octanol–water partition coefficient (Wildman–Crippen LogP) is 2.57. The monoisotopic (exact) mass is 358 g/mol. The zero-order valence-electron chi connectivity index (χ0n) is 15.0. The number of carbonyl (C=O) groups is 3. The van der Waals surface area contributed by atoms with Crippen LogP contribution in [-0.2, 0) is 16.1 Å². The van der Waals surface area contributed by atoms with Crippen molar-refractivity contribution in [2.24, 2.45) is 5.41 Å². The second kappa shape index (κ2) is 7.89. The molecule has 0 aromatic heterocycles. The highest BCUT2D eigenvalue weighted by atomic mass is 16.4. The number of carboxylic acid groups (broad SMARTS) is 1. The molecule has 3 rings (SSSR count). The van der Waals surface area contributed by atoms with Crippen LogP contribution in [0.5, 0.6) is 0 Å². The summed E-state index contributed by atoms with van der Waals surface area (Å²) in [5.41, 5.74) is 0.674. The van der Waals surface area contributed by atoms with E-state index in [0.29, 0.717) is 31.4 Å². The van der Waals surface area contributed by atoms with E-state index >= 15 is 0 Å². The Bertz CT molecular complexity index is 678. The molecular formula is C20H26N2O4. The number of benzene rings is 1. The average molecular weight is 358 g/mol. The molecule has 2 fully saturated rings. The van der Waals surface area contributed by atoms with E-state index < -0.39 is 11.4 Å². The molecule has 0 atom stereocenters. The van der Waals surface area contributed by atoms with Gasteiger partial charge in [0.15, 0.2) is 0 Å². The Balaban J connectivity index is 1.57. The molecule has 1 aromatic rings. The zero-order valence-corrected chi connectivity index (χ0v) is 15.0. The first-order valence-corrected chi connectivity index (χ1v) is 9.38. The molecule has 1 aromatic carbocycles. The lowest BCUT2D eigenvalue weighted by Crippen LogP contribution is -2.44. The van der Waals surface area contributed by atoms with Gasteiger partial charge in [-0.25, -0.2) is 0 Å². The molecular weight excluding hydrogens is 332 g/mol. The number of carboxylic acids is 1. The number of hydrogen-bond acceptors (Lipinski definition) is 3. The van der Waals surface area contributed by atoms with Crippen LogP contribution in [0.1, 0.15) is 60.9 Å². The Morgan fingerprint density at radius 2 is 1.77 bits per heavy atom. The summed E-state index contributed by atoms with van der Waals surface area (Å²) in [6.45, 7) is 1.53. The standard InChI is InChI=1S/C20H26N2O4/c23-17-5-4-12-22(17)13-15-6-8-16(9-7-15)18(24)21-14-20(19(25)26)10-2-1-3-11-20/h6-9H,1-5,10-14H2,(H,21,24)(H,25,26). The third-order valence-corrected chi connectivity index (χ3v) is 5.61. The van der Waals surface area contributed by atoms with E-state index in [1.807, 2.05) is 17.0 Å². The molecule has 0 radical (unpaired) electrons. The molecule has 1 saturated carbocycles. The van der Waals surface area contributed by atoms with Crippen molar-refractivity contribution in [1.82, 2.24) is 10.2 Å². The minimum Gasteiger partial charge on any atom is -0.481 e. The minimum atomic E-state index is -0.829. The quantitative estimate of drug-likeness (QED) is 0.818. The molecule has 0 bridgehead atoms. The van der Waals surface area contributed by atoms with Crippen molar-refractivity contribution in [1.29, 1.82) is 0 Å². The van der Waals surface area contributed by atoms with Gasteiger partial charge in [-0.05, 0) is 37.0 Å². The van der Waals surface area contributed by atoms with Crippen LogP contribution >= 0.6 is 0 Å². The maximum atomic E-state index is 12.4. The highest BCUT2D eigenvalue weighted by Crippen LogP contribution is 2.36. The molecule has 2 aliphatic rings. The van der Waals surface area contributed by atoms with Gasteiger partial charge in [0.1, 0.15) is 0 Å². The number of nitrogens with one attached hydrogen (secondary N) is 1. The lowest BCUT2D eigenvalue weighted by molar-refractivity contribution is -0.150. The lowest BCUT2D eigenvalue weighted by atomic mass is 9.74. The summed E-state index contributed by atoms with van der Waals surface area (Å²) < 4.78 is 0. The fourth-order valence-electron chi connectivity index (χ4n) is 3.90. The zero-order chi connectivity index (χ0) is 18.6. The maximum Gasteiger partial charge on any atom is 0.311 e. The molecule has 26 heavy (non-hydrogen) atoms. The van der Waals surface area contributed by atoms with E-state index in [4.69, 9.17) is 0 Å². The van der Waals surface area contributed by atoms with Gasteiger partial charge < -0.3 is 15.3 Å². The Morgan fingerprint density at radius 3 is 2.35 bits per heavy atom. The van der Waals surface area contributed by atoms with Crippen molar-refractivity contribution in [3.8, 4) is 0 Å². The van der Waals surface area contributed by atoms with Crippen molar-refractivity contribution >= 4 is 17.8 Å². The molecule has 140 valence electrons. The third-order valence-electron chi connectivity index (χ3n) is 5.61. The normalized spacial score (nSPS) is 19.4. The predicted molar refractivity (Wildman–Crippen MR) is 96.6 cm³/mol. The Morgan fingerprint density at radius 1 is 1.08 bits per heavy atom. The van der Waals surface area contributed by atoms with Gasteiger partial charge in [-0.3, -0.25) is 14.4 Å². The summed E-state index contributed by atoms with van der Waals surface area (Å²) >= 11 is 0. The summed E-state index contributed by atoms with van der Waals surface area (Å²) in [7, 11) is 0. The van der Waals surface area contributed by atoms with Crippen molar-refractivity contribution in [2.75, 3.05) is 13.1 Å². The topological polar surface area (TPSA) is 86.7 Å². The van der Waals surface area contributed by atoms with Gasteiger partial charge in [0.25, 0.3) is 5.91 Å². The van der Waals surface area contributed by atoms with E-state index in [1.54, 1.807) is 12.1 Å². The summed E-state index contributed by atoms with van der Waals surface area (Å²) in [6.07, 6.45) is 5.61. The molecule has 2 amide bonds. The summed E-state index contributed by atoms with van der Waals surface area (Å²) in [6, 6.07) is 7.18. The first-order chi connectivity index (χ1) is 12.5. The van der Waals surface area contributed by atoms with Gasteiger partial charge in [0, 0.05) is 31.6 Å². The minimum absolute atomic E-state index is 0.172. The van der Waals surface area contributed by atoms with Crippen LogP contribution in [0, 0.1) is 5.41 Å².